The number of nitrogens with one attached hydrogen (secondary N) is 2. The van der Waals surface area contributed by atoms with E-state index in [4.69, 9.17) is 0 Å². The summed E-state index contributed by atoms with van der Waals surface area (Å²) in [4.78, 5) is 37.4. The van der Waals surface area contributed by atoms with Crippen LogP contribution in [0, 0.1) is 23.1 Å². The van der Waals surface area contributed by atoms with Crippen LogP contribution in [0.5, 0.6) is 0 Å². The molecule has 35 heavy (non-hydrogen) atoms. The van der Waals surface area contributed by atoms with Crippen LogP contribution in [0.15, 0.2) is 59.1 Å². The molecule has 0 aromatic heterocycles. The zero-order valence-electron chi connectivity index (χ0n) is 18.0. The monoisotopic (exact) mass is 507 g/mol. The normalized spacial score (nSPS) is 17.9. The summed E-state index contributed by atoms with van der Waals surface area (Å²) in [5, 5.41) is 14.2. The summed E-state index contributed by atoms with van der Waals surface area (Å²) in [6.07, 6.45) is -4.69. The van der Waals surface area contributed by atoms with E-state index in [1.807, 2.05) is 6.07 Å². The van der Waals surface area contributed by atoms with Crippen molar-refractivity contribution in [2.75, 3.05) is 18.2 Å². The van der Waals surface area contributed by atoms with Gasteiger partial charge in [-0.05, 0) is 23.8 Å². The minimum atomic E-state index is -4.69. The van der Waals surface area contributed by atoms with Crippen molar-refractivity contribution >= 4 is 35.2 Å². The van der Waals surface area contributed by atoms with E-state index in [0.717, 1.165) is 25.3 Å². The molecule has 0 saturated carbocycles. The van der Waals surface area contributed by atoms with Gasteiger partial charge in [0.1, 0.15) is 11.7 Å². The molecule has 12 heteroatoms. The van der Waals surface area contributed by atoms with Gasteiger partial charge in [0.05, 0.1) is 40.8 Å². The molecule has 2 aromatic carbocycles. The van der Waals surface area contributed by atoms with Gasteiger partial charge in [-0.15, -0.1) is 0 Å². The molecule has 2 atom stereocenters. The molecule has 2 N–H and O–H groups in total. The molecule has 3 rings (SSSR count). The number of anilines is 1. The molecule has 1 aliphatic heterocycles. The average Bonchev–Trinajstić information content (AvgIpc) is 2.82. The van der Waals surface area contributed by atoms with E-state index in [0.29, 0.717) is 11.8 Å². The first-order valence-electron chi connectivity index (χ1n) is 9.94. The standard InChI is InChI=1S/C23H17F4N3O4S/c1-34-22(33)19-18(12-6-2-4-8-15(12)24)13(10-28)21(30-20(19)32)35-11-17(31)29-16-9-5-3-7-14(16)23(25,26)27/h2-9,18-19H,11H2,1H3,(H,29,31)(H,30,32)/t18-,19-/m0/s1. The fraction of sp³-hybridized carbons (Fsp3) is 0.217. The van der Waals surface area contributed by atoms with Crippen LogP contribution in [0.25, 0.3) is 0 Å². The third-order valence-electron chi connectivity index (χ3n) is 5.08. The van der Waals surface area contributed by atoms with Crippen LogP contribution in [0.3, 0.4) is 0 Å². The number of thioether (sulfide) groups is 1. The van der Waals surface area contributed by atoms with Gasteiger partial charge in [0, 0.05) is 5.92 Å². The van der Waals surface area contributed by atoms with Gasteiger partial charge in [0.25, 0.3) is 0 Å². The largest absolute Gasteiger partial charge is 0.468 e. The molecule has 182 valence electrons. The number of nitriles is 1. The predicted octanol–water partition coefficient (Wildman–Crippen LogP) is 3.95. The summed E-state index contributed by atoms with van der Waals surface area (Å²) in [6.45, 7) is 0. The zero-order chi connectivity index (χ0) is 25.8. The number of para-hydroxylation sites is 1. The third kappa shape index (κ3) is 5.63. The fourth-order valence-electron chi connectivity index (χ4n) is 3.55. The maximum atomic E-state index is 14.6. The maximum absolute atomic E-state index is 14.6. The van der Waals surface area contributed by atoms with Gasteiger partial charge >= 0.3 is 12.1 Å². The lowest BCUT2D eigenvalue weighted by Crippen LogP contribution is -2.44. The van der Waals surface area contributed by atoms with E-state index < -0.39 is 58.6 Å². The first-order valence-corrected chi connectivity index (χ1v) is 10.9. The molecule has 0 fully saturated rings. The van der Waals surface area contributed by atoms with Gasteiger partial charge in [0.15, 0.2) is 0 Å². The van der Waals surface area contributed by atoms with Crippen LogP contribution in [0.2, 0.25) is 0 Å². The molecule has 7 nitrogen and oxygen atoms in total. The number of methoxy groups -OCH3 is 1. The SMILES string of the molecule is COC(=O)[C@@H]1C(=O)NC(SCC(=O)Nc2ccccc2C(F)(F)F)=C(C#N)[C@@H]1c1ccccc1F. The van der Waals surface area contributed by atoms with Crippen molar-refractivity contribution in [1.29, 1.82) is 5.26 Å². The minimum absolute atomic E-state index is 0.101. The van der Waals surface area contributed by atoms with E-state index in [-0.39, 0.29) is 16.2 Å². The van der Waals surface area contributed by atoms with Crippen molar-refractivity contribution in [1.82, 2.24) is 5.32 Å². The van der Waals surface area contributed by atoms with Crippen molar-refractivity contribution in [3.63, 3.8) is 0 Å². The highest BCUT2D eigenvalue weighted by Crippen LogP contribution is 2.41. The Bertz CT molecular complexity index is 1240. The van der Waals surface area contributed by atoms with Gasteiger partial charge in [-0.1, -0.05) is 42.1 Å². The Morgan fingerprint density at radius 1 is 1.17 bits per heavy atom. The number of nitrogens with zero attached hydrogens (tertiary/aromatic N) is 1. The van der Waals surface area contributed by atoms with Crippen molar-refractivity contribution < 1.29 is 36.7 Å². The molecular weight excluding hydrogens is 490 g/mol. The second kappa shape index (κ2) is 10.6. The van der Waals surface area contributed by atoms with Crippen molar-refractivity contribution in [3.8, 4) is 6.07 Å². The molecule has 0 spiro atoms. The van der Waals surface area contributed by atoms with Crippen LogP contribution in [-0.2, 0) is 25.3 Å². The van der Waals surface area contributed by atoms with Crippen LogP contribution in [-0.4, -0.2) is 30.6 Å². The number of hydrogen-bond acceptors (Lipinski definition) is 6. The lowest BCUT2D eigenvalue weighted by atomic mass is 9.78. The van der Waals surface area contributed by atoms with Crippen LogP contribution in [0.1, 0.15) is 17.0 Å². The maximum Gasteiger partial charge on any atom is 0.418 e. The molecule has 1 heterocycles. The summed E-state index contributed by atoms with van der Waals surface area (Å²) in [7, 11) is 1.04. The predicted molar refractivity (Wildman–Crippen MR) is 118 cm³/mol. The van der Waals surface area contributed by atoms with Gasteiger partial charge < -0.3 is 15.4 Å². The number of carbonyl (C=O) groups excluding carboxylic acids is 3. The fourth-order valence-corrected chi connectivity index (χ4v) is 4.39. The quantitative estimate of drug-likeness (QED) is 0.348. The molecule has 0 aliphatic carbocycles. The average molecular weight is 507 g/mol. The van der Waals surface area contributed by atoms with E-state index in [1.165, 1.54) is 30.3 Å². The first kappa shape index (κ1) is 25.8. The summed E-state index contributed by atoms with van der Waals surface area (Å²) >= 11 is 0.657. The number of ether oxygens (including phenoxy) is 1. The number of benzene rings is 2. The number of hydrogen-bond donors (Lipinski definition) is 2. The van der Waals surface area contributed by atoms with Crippen molar-refractivity contribution in [2.24, 2.45) is 5.92 Å². The molecule has 0 unspecified atom stereocenters. The number of esters is 1. The number of amides is 2. The number of rotatable bonds is 6. The van der Waals surface area contributed by atoms with Crippen LogP contribution >= 0.6 is 11.8 Å². The highest BCUT2D eigenvalue weighted by molar-refractivity contribution is 8.03. The smallest absolute Gasteiger partial charge is 0.418 e. The Labute approximate surface area is 201 Å². The van der Waals surface area contributed by atoms with E-state index >= 15 is 0 Å². The van der Waals surface area contributed by atoms with Crippen molar-refractivity contribution in [2.45, 2.75) is 12.1 Å². The van der Waals surface area contributed by atoms with Gasteiger partial charge in [-0.2, -0.15) is 18.4 Å². The van der Waals surface area contributed by atoms with Gasteiger partial charge in [-0.3, -0.25) is 14.4 Å². The van der Waals surface area contributed by atoms with Gasteiger partial charge in [0.2, 0.25) is 11.8 Å². The summed E-state index contributed by atoms with van der Waals surface area (Å²) < 4.78 is 58.8. The highest BCUT2D eigenvalue weighted by Gasteiger charge is 2.45. The topological polar surface area (TPSA) is 108 Å². The second-order valence-corrected chi connectivity index (χ2v) is 8.21. The number of alkyl halides is 3. The van der Waals surface area contributed by atoms with Crippen molar-refractivity contribution in [3.05, 3.63) is 76.1 Å². The first-order chi connectivity index (χ1) is 16.6. The Morgan fingerprint density at radius 2 is 1.83 bits per heavy atom. The molecular formula is C23H17F4N3O4S. The lowest BCUT2D eigenvalue weighted by Gasteiger charge is -2.31. The Morgan fingerprint density at radius 3 is 2.46 bits per heavy atom. The van der Waals surface area contributed by atoms with E-state index in [9.17, 15) is 37.2 Å². The summed E-state index contributed by atoms with van der Waals surface area (Å²) in [6, 6.07) is 11.5. The lowest BCUT2D eigenvalue weighted by molar-refractivity contribution is -0.150. The second-order valence-electron chi connectivity index (χ2n) is 7.22. The summed E-state index contributed by atoms with van der Waals surface area (Å²) in [5.74, 6) is -6.87. The number of halogens is 4. The molecule has 2 amide bonds. The molecule has 0 saturated heterocycles. The minimum Gasteiger partial charge on any atom is -0.468 e. The van der Waals surface area contributed by atoms with E-state index in [2.05, 4.69) is 15.4 Å². The Kier molecular flexibility index (Phi) is 7.81. The Hall–Kier alpha value is -3.85. The van der Waals surface area contributed by atoms with Crippen LogP contribution < -0.4 is 10.6 Å². The Balaban J connectivity index is 1.91. The molecule has 0 radical (unpaired) electrons. The zero-order valence-corrected chi connectivity index (χ0v) is 18.8. The number of carbonyl (C=O) groups is 3. The van der Waals surface area contributed by atoms with E-state index in [1.54, 1.807) is 0 Å². The summed E-state index contributed by atoms with van der Waals surface area (Å²) in [5.41, 5.74) is -1.79. The molecule has 1 aliphatic rings. The third-order valence-corrected chi connectivity index (χ3v) is 6.10. The molecule has 2 aromatic rings. The molecule has 0 bridgehead atoms. The number of allylic oxidation sites excluding steroid dienone is 1. The van der Waals surface area contributed by atoms with Gasteiger partial charge in [-0.25, -0.2) is 4.39 Å². The highest BCUT2D eigenvalue weighted by atomic mass is 32.2. The van der Waals surface area contributed by atoms with Crippen LogP contribution in [0.4, 0.5) is 23.2 Å².